The van der Waals surface area contributed by atoms with Crippen LogP contribution in [0.4, 0.5) is 0 Å². The molecule has 21 heavy (non-hydrogen) atoms. The van der Waals surface area contributed by atoms with E-state index >= 15 is 0 Å². The molecule has 0 fully saturated rings. The minimum absolute atomic E-state index is 0.0201. The van der Waals surface area contributed by atoms with Gasteiger partial charge >= 0.3 is 0 Å². The number of hydrogen-bond acceptors (Lipinski definition) is 3. The SMILES string of the molecule is C[C@H](Cn1cccn1)NC(=O)[C@@H]1Cc2cc(Cl)ccc2O1. The van der Waals surface area contributed by atoms with Crippen LogP contribution in [0.15, 0.2) is 36.7 Å². The summed E-state index contributed by atoms with van der Waals surface area (Å²) in [5, 5.41) is 7.73. The second-order valence-electron chi connectivity index (χ2n) is 5.20. The Labute approximate surface area is 127 Å². The highest BCUT2D eigenvalue weighted by atomic mass is 35.5. The Kier molecular flexibility index (Phi) is 3.84. The first-order valence-corrected chi connectivity index (χ1v) is 7.22. The Balaban J connectivity index is 1.57. The van der Waals surface area contributed by atoms with Crippen LogP contribution in [-0.4, -0.2) is 27.8 Å². The van der Waals surface area contributed by atoms with E-state index in [4.69, 9.17) is 16.3 Å². The maximum atomic E-state index is 12.2. The Morgan fingerprint density at radius 3 is 3.24 bits per heavy atom. The molecule has 2 heterocycles. The molecule has 0 spiro atoms. The largest absolute Gasteiger partial charge is 0.480 e. The first-order valence-electron chi connectivity index (χ1n) is 6.85. The third-order valence-electron chi connectivity index (χ3n) is 3.40. The van der Waals surface area contributed by atoms with Crippen LogP contribution >= 0.6 is 11.6 Å². The quantitative estimate of drug-likeness (QED) is 0.940. The topological polar surface area (TPSA) is 56.2 Å². The molecule has 1 aliphatic rings. The second-order valence-corrected chi connectivity index (χ2v) is 5.64. The van der Waals surface area contributed by atoms with Gasteiger partial charge in [0.15, 0.2) is 6.10 Å². The highest BCUT2D eigenvalue weighted by Gasteiger charge is 2.29. The number of carbonyl (C=O) groups excluding carboxylic acids is 1. The van der Waals surface area contributed by atoms with Crippen molar-refractivity contribution in [3.05, 3.63) is 47.2 Å². The molecule has 6 heteroatoms. The summed E-state index contributed by atoms with van der Waals surface area (Å²) in [6.45, 7) is 2.57. The summed E-state index contributed by atoms with van der Waals surface area (Å²) < 4.78 is 7.45. The van der Waals surface area contributed by atoms with Crippen molar-refractivity contribution in [2.45, 2.75) is 32.0 Å². The zero-order chi connectivity index (χ0) is 14.8. The van der Waals surface area contributed by atoms with Gasteiger partial charge in [-0.3, -0.25) is 9.48 Å². The van der Waals surface area contributed by atoms with Crippen LogP contribution in [0.2, 0.25) is 5.02 Å². The van der Waals surface area contributed by atoms with E-state index in [9.17, 15) is 4.79 Å². The van der Waals surface area contributed by atoms with Gasteiger partial charge in [0.25, 0.3) is 5.91 Å². The molecular formula is C15H16ClN3O2. The van der Waals surface area contributed by atoms with Gasteiger partial charge in [-0.25, -0.2) is 0 Å². The number of aromatic nitrogens is 2. The van der Waals surface area contributed by atoms with Crippen molar-refractivity contribution in [1.29, 1.82) is 0 Å². The molecule has 0 aliphatic carbocycles. The summed E-state index contributed by atoms with van der Waals surface area (Å²) in [4.78, 5) is 12.2. The van der Waals surface area contributed by atoms with Crippen molar-refractivity contribution in [1.82, 2.24) is 15.1 Å². The Morgan fingerprint density at radius 1 is 1.62 bits per heavy atom. The summed E-state index contributed by atoms with van der Waals surface area (Å²) >= 11 is 5.95. The van der Waals surface area contributed by atoms with E-state index in [0.717, 1.165) is 11.3 Å². The molecule has 2 aromatic rings. The molecule has 110 valence electrons. The van der Waals surface area contributed by atoms with Crippen molar-refractivity contribution in [3.63, 3.8) is 0 Å². The fourth-order valence-corrected chi connectivity index (χ4v) is 2.63. The minimum atomic E-state index is -0.487. The van der Waals surface area contributed by atoms with Gasteiger partial charge in [0.1, 0.15) is 5.75 Å². The maximum Gasteiger partial charge on any atom is 0.261 e. The van der Waals surface area contributed by atoms with Gasteiger partial charge in [0.05, 0.1) is 6.54 Å². The fraction of sp³-hybridized carbons (Fsp3) is 0.333. The molecule has 3 rings (SSSR count). The molecule has 1 aliphatic heterocycles. The number of halogens is 1. The number of rotatable bonds is 4. The zero-order valence-electron chi connectivity index (χ0n) is 11.6. The lowest BCUT2D eigenvalue weighted by atomic mass is 10.1. The number of benzene rings is 1. The molecule has 0 radical (unpaired) electrons. The molecular weight excluding hydrogens is 290 g/mol. The Morgan fingerprint density at radius 2 is 2.48 bits per heavy atom. The summed E-state index contributed by atoms with van der Waals surface area (Å²) in [6.07, 6.45) is 3.65. The van der Waals surface area contributed by atoms with E-state index in [1.807, 2.05) is 25.3 Å². The predicted octanol–water partition coefficient (Wildman–Crippen LogP) is 2.04. The van der Waals surface area contributed by atoms with Gasteiger partial charge < -0.3 is 10.1 Å². The van der Waals surface area contributed by atoms with E-state index in [0.29, 0.717) is 18.0 Å². The first kappa shape index (κ1) is 13.9. The average molecular weight is 306 g/mol. The fourth-order valence-electron chi connectivity index (χ4n) is 2.43. The lowest BCUT2D eigenvalue weighted by molar-refractivity contribution is -0.127. The van der Waals surface area contributed by atoms with Crippen molar-refractivity contribution in [2.75, 3.05) is 0 Å². The summed E-state index contributed by atoms with van der Waals surface area (Å²) in [6, 6.07) is 7.25. The number of carbonyl (C=O) groups is 1. The molecule has 1 amide bonds. The van der Waals surface area contributed by atoms with E-state index in [-0.39, 0.29) is 11.9 Å². The smallest absolute Gasteiger partial charge is 0.261 e. The van der Waals surface area contributed by atoms with Crippen LogP contribution in [0.5, 0.6) is 5.75 Å². The molecule has 1 aromatic carbocycles. The van der Waals surface area contributed by atoms with E-state index in [2.05, 4.69) is 10.4 Å². The monoisotopic (exact) mass is 305 g/mol. The Bertz CT molecular complexity index is 642. The highest BCUT2D eigenvalue weighted by Crippen LogP contribution is 2.31. The summed E-state index contributed by atoms with van der Waals surface area (Å²) in [5.74, 6) is 0.626. The van der Waals surface area contributed by atoms with Crippen molar-refractivity contribution < 1.29 is 9.53 Å². The third-order valence-corrected chi connectivity index (χ3v) is 3.63. The standard InChI is InChI=1S/C15H16ClN3O2/c1-10(9-19-6-2-5-17-19)18-15(20)14-8-11-7-12(16)3-4-13(11)21-14/h2-7,10,14H,8-9H2,1H3,(H,18,20)/t10-,14+/m1/s1. The van der Waals surface area contributed by atoms with E-state index in [1.165, 1.54) is 0 Å². The van der Waals surface area contributed by atoms with Crippen LogP contribution in [-0.2, 0) is 17.8 Å². The van der Waals surface area contributed by atoms with Crippen LogP contribution in [0, 0.1) is 0 Å². The molecule has 0 saturated carbocycles. The minimum Gasteiger partial charge on any atom is -0.480 e. The lowest BCUT2D eigenvalue weighted by Crippen LogP contribution is -2.43. The van der Waals surface area contributed by atoms with Gasteiger partial charge in [-0.1, -0.05) is 11.6 Å². The van der Waals surface area contributed by atoms with E-state index < -0.39 is 6.10 Å². The molecule has 2 atom stereocenters. The maximum absolute atomic E-state index is 12.2. The molecule has 0 saturated heterocycles. The molecule has 0 bridgehead atoms. The van der Waals surface area contributed by atoms with Crippen molar-refractivity contribution in [3.8, 4) is 5.75 Å². The Hall–Kier alpha value is -2.01. The molecule has 1 N–H and O–H groups in total. The zero-order valence-corrected chi connectivity index (χ0v) is 12.4. The summed E-state index contributed by atoms with van der Waals surface area (Å²) in [7, 11) is 0. The average Bonchev–Trinajstić information content (AvgIpc) is 3.06. The number of fused-ring (bicyclic) bond motifs is 1. The third kappa shape index (κ3) is 3.19. The van der Waals surface area contributed by atoms with Gasteiger partial charge in [0, 0.05) is 29.9 Å². The van der Waals surface area contributed by atoms with Crippen molar-refractivity contribution >= 4 is 17.5 Å². The van der Waals surface area contributed by atoms with Crippen LogP contribution < -0.4 is 10.1 Å². The van der Waals surface area contributed by atoms with Gasteiger partial charge in [-0.05, 0) is 36.8 Å². The van der Waals surface area contributed by atoms with Gasteiger partial charge in [-0.2, -0.15) is 5.10 Å². The van der Waals surface area contributed by atoms with Gasteiger partial charge in [-0.15, -0.1) is 0 Å². The van der Waals surface area contributed by atoms with Crippen LogP contribution in [0.3, 0.4) is 0 Å². The van der Waals surface area contributed by atoms with Crippen LogP contribution in [0.25, 0.3) is 0 Å². The number of nitrogens with zero attached hydrogens (tertiary/aromatic N) is 2. The van der Waals surface area contributed by atoms with Crippen LogP contribution in [0.1, 0.15) is 12.5 Å². The second kappa shape index (κ2) is 5.77. The van der Waals surface area contributed by atoms with Gasteiger partial charge in [0.2, 0.25) is 0 Å². The van der Waals surface area contributed by atoms with E-state index in [1.54, 1.807) is 23.0 Å². The number of amides is 1. The highest BCUT2D eigenvalue weighted by molar-refractivity contribution is 6.30. The predicted molar refractivity (Wildman–Crippen MR) is 79.4 cm³/mol. The number of ether oxygens (including phenoxy) is 1. The number of nitrogens with one attached hydrogen (secondary N) is 1. The summed E-state index contributed by atoms with van der Waals surface area (Å²) in [5.41, 5.74) is 0.974. The molecule has 1 aromatic heterocycles. The normalized spacial score (nSPS) is 17.9. The first-order chi connectivity index (χ1) is 10.1. The number of hydrogen-bond donors (Lipinski definition) is 1. The molecule has 0 unspecified atom stereocenters. The van der Waals surface area contributed by atoms with Crippen molar-refractivity contribution in [2.24, 2.45) is 0 Å². The lowest BCUT2D eigenvalue weighted by Gasteiger charge is -2.17. The molecule has 5 nitrogen and oxygen atoms in total.